The molecule has 0 aliphatic heterocycles. The highest BCUT2D eigenvalue weighted by molar-refractivity contribution is 5.92. The highest BCUT2D eigenvalue weighted by Gasteiger charge is 2.05. The number of nitrogens with one attached hydrogen (secondary N) is 3. The number of ether oxygens (including phenoxy) is 1. The minimum absolute atomic E-state index is 0.127. The Kier molecular flexibility index (Phi) is 6.39. The molecule has 0 aliphatic carbocycles. The summed E-state index contributed by atoms with van der Waals surface area (Å²) in [4.78, 5) is 23.2. The van der Waals surface area contributed by atoms with E-state index in [1.165, 1.54) is 0 Å². The number of hydrogen-bond donors (Lipinski definition) is 3. The molecule has 6 nitrogen and oxygen atoms in total. The summed E-state index contributed by atoms with van der Waals surface area (Å²) in [5.74, 6) is 0.676. The maximum atomic E-state index is 12.0. The van der Waals surface area contributed by atoms with Crippen LogP contribution < -0.4 is 20.7 Å². The van der Waals surface area contributed by atoms with Crippen LogP contribution in [0.1, 0.15) is 17.5 Å². The van der Waals surface area contributed by atoms with Gasteiger partial charge in [-0.05, 0) is 55.3 Å². The van der Waals surface area contributed by atoms with Crippen LogP contribution in [0.15, 0.2) is 42.5 Å². The Labute approximate surface area is 147 Å². The minimum atomic E-state index is -0.291. The predicted octanol–water partition coefficient (Wildman–Crippen LogP) is 3.46. The average molecular weight is 341 g/mol. The van der Waals surface area contributed by atoms with Crippen LogP contribution in [0.2, 0.25) is 0 Å². The van der Waals surface area contributed by atoms with Gasteiger partial charge in [0.15, 0.2) is 0 Å². The fraction of sp³-hybridized carbons (Fsp3) is 0.263. The quantitative estimate of drug-likeness (QED) is 0.753. The summed E-state index contributed by atoms with van der Waals surface area (Å²) >= 11 is 0. The lowest BCUT2D eigenvalue weighted by Gasteiger charge is -2.10. The van der Waals surface area contributed by atoms with E-state index in [-0.39, 0.29) is 18.4 Å². The Bertz CT molecular complexity index is 742. The topological polar surface area (TPSA) is 79.5 Å². The number of amides is 3. The van der Waals surface area contributed by atoms with Crippen molar-refractivity contribution >= 4 is 23.3 Å². The van der Waals surface area contributed by atoms with Crippen molar-refractivity contribution in [1.29, 1.82) is 0 Å². The molecule has 0 radical (unpaired) electrons. The van der Waals surface area contributed by atoms with E-state index < -0.39 is 0 Å². The molecule has 25 heavy (non-hydrogen) atoms. The van der Waals surface area contributed by atoms with E-state index in [9.17, 15) is 9.59 Å². The molecule has 0 spiro atoms. The zero-order chi connectivity index (χ0) is 18.2. The van der Waals surface area contributed by atoms with Gasteiger partial charge in [-0.2, -0.15) is 0 Å². The van der Waals surface area contributed by atoms with Crippen molar-refractivity contribution in [2.75, 3.05) is 24.3 Å². The van der Waals surface area contributed by atoms with E-state index in [1.54, 1.807) is 31.3 Å². The molecule has 3 N–H and O–H groups in total. The summed E-state index contributed by atoms with van der Waals surface area (Å²) in [5.41, 5.74) is 3.48. The molecule has 6 heteroatoms. The number of hydrogen-bond acceptors (Lipinski definition) is 3. The van der Waals surface area contributed by atoms with Gasteiger partial charge in [-0.15, -0.1) is 0 Å². The fourth-order valence-corrected chi connectivity index (χ4v) is 2.17. The molecule has 0 atom stereocenters. The normalized spacial score (nSPS) is 10.0. The van der Waals surface area contributed by atoms with Crippen molar-refractivity contribution < 1.29 is 14.3 Å². The van der Waals surface area contributed by atoms with Crippen LogP contribution in [-0.2, 0) is 4.79 Å². The van der Waals surface area contributed by atoms with Gasteiger partial charge in [-0.3, -0.25) is 4.79 Å². The van der Waals surface area contributed by atoms with Crippen LogP contribution in [0, 0.1) is 13.8 Å². The zero-order valence-corrected chi connectivity index (χ0v) is 14.7. The Hall–Kier alpha value is -3.02. The van der Waals surface area contributed by atoms with Crippen LogP contribution in [-0.4, -0.2) is 25.6 Å². The van der Waals surface area contributed by atoms with Crippen molar-refractivity contribution in [1.82, 2.24) is 5.32 Å². The SMILES string of the molecule is CNC(=O)Nc1ccc(NC(=O)CCOc2cc(C)ccc2C)cc1. The molecule has 0 saturated carbocycles. The summed E-state index contributed by atoms with van der Waals surface area (Å²) in [6.45, 7) is 4.29. The molecule has 0 aromatic heterocycles. The second-order valence-electron chi connectivity index (χ2n) is 5.70. The highest BCUT2D eigenvalue weighted by Crippen LogP contribution is 2.19. The van der Waals surface area contributed by atoms with E-state index in [1.807, 2.05) is 32.0 Å². The third-order valence-corrected chi connectivity index (χ3v) is 3.58. The molecule has 0 bridgehead atoms. The molecule has 2 aromatic rings. The Morgan fingerprint density at radius 2 is 1.60 bits per heavy atom. The van der Waals surface area contributed by atoms with E-state index >= 15 is 0 Å². The molecule has 2 aromatic carbocycles. The first kappa shape index (κ1) is 18.3. The van der Waals surface area contributed by atoms with E-state index in [0.29, 0.717) is 18.0 Å². The minimum Gasteiger partial charge on any atom is -0.493 e. The maximum absolute atomic E-state index is 12.0. The summed E-state index contributed by atoms with van der Waals surface area (Å²) in [7, 11) is 1.55. The molecule has 0 fully saturated rings. The molecular formula is C19H23N3O3. The van der Waals surface area contributed by atoms with Gasteiger partial charge in [-0.1, -0.05) is 12.1 Å². The van der Waals surface area contributed by atoms with Gasteiger partial charge in [0.1, 0.15) is 5.75 Å². The third-order valence-electron chi connectivity index (χ3n) is 3.58. The highest BCUT2D eigenvalue weighted by atomic mass is 16.5. The monoisotopic (exact) mass is 341 g/mol. The van der Waals surface area contributed by atoms with Gasteiger partial charge < -0.3 is 20.7 Å². The van der Waals surface area contributed by atoms with Gasteiger partial charge in [0.05, 0.1) is 13.0 Å². The average Bonchev–Trinajstić information content (AvgIpc) is 2.59. The van der Waals surface area contributed by atoms with Crippen LogP contribution >= 0.6 is 0 Å². The number of benzene rings is 2. The van der Waals surface area contributed by atoms with Gasteiger partial charge in [0.25, 0.3) is 0 Å². The summed E-state index contributed by atoms with van der Waals surface area (Å²) in [6, 6.07) is 12.6. The molecular weight excluding hydrogens is 318 g/mol. The second-order valence-corrected chi connectivity index (χ2v) is 5.70. The molecule has 2 rings (SSSR count). The first-order valence-electron chi connectivity index (χ1n) is 8.06. The van der Waals surface area contributed by atoms with Gasteiger partial charge in [-0.25, -0.2) is 4.79 Å². The van der Waals surface area contributed by atoms with Crippen molar-refractivity contribution in [2.24, 2.45) is 0 Å². The van der Waals surface area contributed by atoms with E-state index in [0.717, 1.165) is 16.9 Å². The molecule has 0 saturated heterocycles. The fourth-order valence-electron chi connectivity index (χ4n) is 2.17. The summed E-state index contributed by atoms with van der Waals surface area (Å²) < 4.78 is 5.69. The number of aryl methyl sites for hydroxylation is 2. The first-order chi connectivity index (χ1) is 12.0. The Balaban J connectivity index is 1.80. The Morgan fingerprint density at radius 1 is 0.960 bits per heavy atom. The van der Waals surface area contributed by atoms with Crippen molar-refractivity contribution in [3.05, 3.63) is 53.6 Å². The molecule has 0 heterocycles. The third kappa shape index (κ3) is 5.84. The smallest absolute Gasteiger partial charge is 0.318 e. The number of anilines is 2. The lowest BCUT2D eigenvalue weighted by molar-refractivity contribution is -0.116. The summed E-state index contributed by atoms with van der Waals surface area (Å²) in [6.07, 6.45) is 0.256. The van der Waals surface area contributed by atoms with Crippen LogP contribution in [0.5, 0.6) is 5.75 Å². The van der Waals surface area contributed by atoms with Crippen LogP contribution in [0.25, 0.3) is 0 Å². The molecule has 0 unspecified atom stereocenters. The van der Waals surface area contributed by atoms with Crippen LogP contribution in [0.4, 0.5) is 16.2 Å². The Morgan fingerprint density at radius 3 is 2.24 bits per heavy atom. The van der Waals surface area contributed by atoms with E-state index in [4.69, 9.17) is 4.74 Å². The second kappa shape index (κ2) is 8.73. The van der Waals surface area contributed by atoms with E-state index in [2.05, 4.69) is 16.0 Å². The molecule has 132 valence electrons. The van der Waals surface area contributed by atoms with Crippen molar-refractivity contribution in [3.63, 3.8) is 0 Å². The predicted molar refractivity (Wildman–Crippen MR) is 99.2 cm³/mol. The number of urea groups is 1. The first-order valence-corrected chi connectivity index (χ1v) is 8.06. The molecule has 3 amide bonds. The van der Waals surface area contributed by atoms with Crippen molar-refractivity contribution in [3.8, 4) is 5.75 Å². The largest absolute Gasteiger partial charge is 0.493 e. The maximum Gasteiger partial charge on any atom is 0.318 e. The van der Waals surface area contributed by atoms with Gasteiger partial charge in [0, 0.05) is 18.4 Å². The lowest BCUT2D eigenvalue weighted by Crippen LogP contribution is -2.24. The standard InChI is InChI=1S/C19H23N3O3/c1-13-4-5-14(2)17(12-13)25-11-10-18(23)21-15-6-8-16(9-7-15)22-19(24)20-3/h4-9,12H,10-11H2,1-3H3,(H,21,23)(H2,20,22,24). The zero-order valence-electron chi connectivity index (χ0n) is 14.7. The number of rotatable bonds is 6. The van der Waals surface area contributed by atoms with Crippen LogP contribution in [0.3, 0.4) is 0 Å². The number of carbonyl (C=O) groups is 2. The lowest BCUT2D eigenvalue weighted by atomic mass is 10.1. The number of carbonyl (C=O) groups excluding carboxylic acids is 2. The van der Waals surface area contributed by atoms with Crippen molar-refractivity contribution in [2.45, 2.75) is 20.3 Å². The summed E-state index contributed by atoms with van der Waals surface area (Å²) in [5, 5.41) is 7.92. The van der Waals surface area contributed by atoms with Gasteiger partial charge >= 0.3 is 6.03 Å². The van der Waals surface area contributed by atoms with Gasteiger partial charge in [0.2, 0.25) is 5.91 Å². The molecule has 0 aliphatic rings.